The Kier molecular flexibility index (Phi) is 4.64. The molecule has 0 fully saturated rings. The molecule has 4 heteroatoms. The number of thiophene rings is 1. The number of benzene rings is 1. The number of rotatable bonds is 3. The van der Waals surface area contributed by atoms with Crippen molar-refractivity contribution in [1.29, 1.82) is 0 Å². The fraction of sp³-hybridized carbons (Fsp3) is 0.286. The van der Waals surface area contributed by atoms with Gasteiger partial charge in [0.2, 0.25) is 0 Å². The van der Waals surface area contributed by atoms with Gasteiger partial charge in [0.25, 0.3) is 0 Å². The van der Waals surface area contributed by atoms with Crippen molar-refractivity contribution in [3.8, 4) is 0 Å². The topological polar surface area (TPSA) is 20.2 Å². The van der Waals surface area contributed by atoms with Crippen molar-refractivity contribution in [3.63, 3.8) is 0 Å². The molecule has 1 unspecified atom stereocenters. The quantitative estimate of drug-likeness (QED) is 0.767. The van der Waals surface area contributed by atoms with Crippen LogP contribution >= 0.6 is 43.2 Å². The largest absolute Gasteiger partial charge is 0.388 e. The van der Waals surface area contributed by atoms with Crippen molar-refractivity contribution in [2.75, 3.05) is 0 Å². The number of hydrogen-bond donors (Lipinski definition) is 1. The molecule has 96 valence electrons. The normalized spacial score (nSPS) is 12.7. The number of halogens is 2. The summed E-state index contributed by atoms with van der Waals surface area (Å²) in [5, 5.41) is 10.3. The van der Waals surface area contributed by atoms with Crippen molar-refractivity contribution < 1.29 is 5.11 Å². The lowest BCUT2D eigenvalue weighted by molar-refractivity contribution is 0.178. The molecule has 1 nitrogen and oxygen atoms in total. The molecule has 2 aromatic rings. The van der Waals surface area contributed by atoms with Crippen LogP contribution < -0.4 is 0 Å². The Morgan fingerprint density at radius 1 is 1.22 bits per heavy atom. The monoisotopic (exact) mass is 388 g/mol. The van der Waals surface area contributed by atoms with E-state index < -0.39 is 6.10 Å². The number of aryl methyl sites for hydroxylation is 2. The third kappa shape index (κ3) is 3.23. The van der Waals surface area contributed by atoms with Gasteiger partial charge in [-0.2, -0.15) is 0 Å². The van der Waals surface area contributed by atoms with Gasteiger partial charge >= 0.3 is 0 Å². The maximum atomic E-state index is 10.3. The van der Waals surface area contributed by atoms with E-state index in [1.807, 2.05) is 6.07 Å². The third-order valence-corrected chi connectivity index (χ3v) is 5.35. The highest BCUT2D eigenvalue weighted by molar-refractivity contribution is 9.12. The zero-order valence-electron chi connectivity index (χ0n) is 10.2. The molecular formula is C14H14Br2OS. The zero-order valence-corrected chi connectivity index (χ0v) is 14.2. The second-order valence-electron chi connectivity index (χ2n) is 4.43. The Morgan fingerprint density at radius 2 is 1.94 bits per heavy atom. The molecule has 0 bridgehead atoms. The van der Waals surface area contributed by atoms with Crippen LogP contribution in [-0.2, 0) is 6.42 Å². The van der Waals surface area contributed by atoms with Gasteiger partial charge in [0, 0.05) is 12.0 Å². The summed E-state index contributed by atoms with van der Waals surface area (Å²) in [6.07, 6.45) is 0.178. The first-order chi connectivity index (χ1) is 8.47. The van der Waals surface area contributed by atoms with Crippen molar-refractivity contribution in [3.05, 3.63) is 54.1 Å². The van der Waals surface area contributed by atoms with Crippen LogP contribution in [0.4, 0.5) is 0 Å². The average Bonchev–Trinajstić information content (AvgIpc) is 2.63. The summed E-state index contributed by atoms with van der Waals surface area (Å²) in [4.78, 5) is 0. The minimum atomic E-state index is -0.470. The lowest BCUT2D eigenvalue weighted by atomic mass is 9.98. The Balaban J connectivity index is 2.23. The fourth-order valence-corrected chi connectivity index (χ4v) is 4.87. The summed E-state index contributed by atoms with van der Waals surface area (Å²) >= 11 is 8.52. The van der Waals surface area contributed by atoms with E-state index in [-0.39, 0.29) is 0 Å². The standard InChI is InChI=1S/C14H14Br2OS/c1-8-3-4-9(2)10(5-8)6-12(17)11-7-13(15)18-14(11)16/h3-5,7,12,17H,6H2,1-2H3. The van der Waals surface area contributed by atoms with Crippen LogP contribution in [0.15, 0.2) is 31.8 Å². The molecule has 0 aliphatic rings. The molecule has 0 aliphatic carbocycles. The van der Waals surface area contributed by atoms with Gasteiger partial charge in [0.05, 0.1) is 13.7 Å². The average molecular weight is 390 g/mol. The molecule has 1 heterocycles. The third-order valence-electron chi connectivity index (χ3n) is 2.96. The van der Waals surface area contributed by atoms with E-state index in [1.54, 1.807) is 11.3 Å². The van der Waals surface area contributed by atoms with Gasteiger partial charge in [-0.15, -0.1) is 11.3 Å². The minimum Gasteiger partial charge on any atom is -0.388 e. The van der Waals surface area contributed by atoms with Crippen LogP contribution in [0.1, 0.15) is 28.4 Å². The Bertz CT molecular complexity index is 563. The first-order valence-electron chi connectivity index (χ1n) is 5.66. The first-order valence-corrected chi connectivity index (χ1v) is 8.06. The molecular weight excluding hydrogens is 376 g/mol. The van der Waals surface area contributed by atoms with Gasteiger partial charge in [-0.25, -0.2) is 0 Å². The van der Waals surface area contributed by atoms with Crippen molar-refractivity contribution in [2.45, 2.75) is 26.4 Å². The van der Waals surface area contributed by atoms with Gasteiger partial charge in [-0.05, 0) is 62.9 Å². The highest BCUT2D eigenvalue weighted by Crippen LogP contribution is 2.36. The molecule has 2 rings (SSSR count). The summed E-state index contributed by atoms with van der Waals surface area (Å²) < 4.78 is 2.02. The maximum absolute atomic E-state index is 10.3. The molecule has 0 saturated carbocycles. The molecule has 0 aliphatic heterocycles. The molecule has 0 amide bonds. The van der Waals surface area contributed by atoms with Gasteiger partial charge in [-0.1, -0.05) is 23.8 Å². The molecule has 0 saturated heterocycles. The molecule has 1 aromatic carbocycles. The molecule has 18 heavy (non-hydrogen) atoms. The summed E-state index contributed by atoms with van der Waals surface area (Å²) in [6, 6.07) is 8.33. The van der Waals surface area contributed by atoms with Gasteiger partial charge < -0.3 is 5.11 Å². The number of hydrogen-bond acceptors (Lipinski definition) is 2. The highest BCUT2D eigenvalue weighted by Gasteiger charge is 2.16. The first kappa shape index (κ1) is 14.3. The molecule has 1 N–H and O–H groups in total. The van der Waals surface area contributed by atoms with Crippen LogP contribution in [0.25, 0.3) is 0 Å². The van der Waals surface area contributed by atoms with Crippen LogP contribution in [0, 0.1) is 13.8 Å². The lowest BCUT2D eigenvalue weighted by Gasteiger charge is -2.12. The van der Waals surface area contributed by atoms with Gasteiger partial charge in [0.1, 0.15) is 0 Å². The second kappa shape index (κ2) is 5.87. The van der Waals surface area contributed by atoms with Crippen LogP contribution in [0.5, 0.6) is 0 Å². The van der Waals surface area contributed by atoms with Crippen molar-refractivity contribution in [2.24, 2.45) is 0 Å². The summed E-state index contributed by atoms with van der Waals surface area (Å²) in [7, 11) is 0. The Morgan fingerprint density at radius 3 is 2.56 bits per heavy atom. The highest BCUT2D eigenvalue weighted by atomic mass is 79.9. The summed E-state index contributed by atoms with van der Waals surface area (Å²) in [5.74, 6) is 0. The second-order valence-corrected chi connectivity index (χ2v) is 8.18. The van der Waals surface area contributed by atoms with Crippen molar-refractivity contribution in [1.82, 2.24) is 0 Å². The van der Waals surface area contributed by atoms with Gasteiger partial charge in [-0.3, -0.25) is 0 Å². The van der Waals surface area contributed by atoms with Crippen LogP contribution in [0.2, 0.25) is 0 Å². The molecule has 0 spiro atoms. The number of aliphatic hydroxyl groups excluding tert-OH is 1. The van der Waals surface area contributed by atoms with E-state index in [0.29, 0.717) is 6.42 Å². The van der Waals surface area contributed by atoms with E-state index in [1.165, 1.54) is 16.7 Å². The van der Waals surface area contributed by atoms with E-state index >= 15 is 0 Å². The van der Waals surface area contributed by atoms with Gasteiger partial charge in [0.15, 0.2) is 0 Å². The SMILES string of the molecule is Cc1ccc(C)c(CC(O)c2cc(Br)sc2Br)c1. The maximum Gasteiger partial charge on any atom is 0.0850 e. The molecule has 1 aromatic heterocycles. The fourth-order valence-electron chi connectivity index (χ4n) is 1.92. The predicted molar refractivity (Wildman–Crippen MR) is 84.3 cm³/mol. The summed E-state index contributed by atoms with van der Waals surface area (Å²) in [5.41, 5.74) is 4.61. The lowest BCUT2D eigenvalue weighted by Crippen LogP contribution is -2.03. The number of aliphatic hydroxyl groups is 1. The Hall–Kier alpha value is -0.160. The van der Waals surface area contributed by atoms with Crippen LogP contribution in [-0.4, -0.2) is 5.11 Å². The smallest absolute Gasteiger partial charge is 0.0850 e. The zero-order chi connectivity index (χ0) is 13.3. The summed E-state index contributed by atoms with van der Waals surface area (Å²) in [6.45, 7) is 4.16. The molecule has 0 radical (unpaired) electrons. The van der Waals surface area contributed by atoms with E-state index in [4.69, 9.17) is 0 Å². The van der Waals surface area contributed by atoms with Crippen molar-refractivity contribution >= 4 is 43.2 Å². The Labute approximate surface area is 128 Å². The van der Waals surface area contributed by atoms with Crippen LogP contribution in [0.3, 0.4) is 0 Å². The predicted octanol–water partition coefficient (Wildman–Crippen LogP) is 5.17. The van der Waals surface area contributed by atoms with E-state index in [0.717, 1.165) is 13.1 Å². The van der Waals surface area contributed by atoms with E-state index in [9.17, 15) is 5.11 Å². The van der Waals surface area contributed by atoms with E-state index in [2.05, 4.69) is 63.9 Å². The minimum absolute atomic E-state index is 0.470. The molecule has 1 atom stereocenters.